The molecule has 24 heavy (non-hydrogen) atoms. The molecule has 122 valence electrons. The Morgan fingerprint density at radius 2 is 2.00 bits per heavy atom. The van der Waals surface area contributed by atoms with E-state index in [1.54, 1.807) is 11.3 Å². The molecule has 1 aromatic carbocycles. The molecule has 1 aliphatic carbocycles. The molecule has 1 amide bonds. The maximum Gasteiger partial charge on any atom is 0.233 e. The van der Waals surface area contributed by atoms with Gasteiger partial charge in [-0.2, -0.15) is 11.3 Å². The topological polar surface area (TPSA) is 54.9 Å². The molecule has 0 unspecified atom stereocenters. The van der Waals surface area contributed by atoms with E-state index in [4.69, 9.17) is 0 Å². The highest BCUT2D eigenvalue weighted by molar-refractivity contribution is 7.15. The van der Waals surface area contributed by atoms with Crippen LogP contribution < -0.4 is 5.32 Å². The Labute approximate surface area is 148 Å². The van der Waals surface area contributed by atoms with Gasteiger partial charge in [-0.05, 0) is 47.7 Å². The van der Waals surface area contributed by atoms with Gasteiger partial charge >= 0.3 is 0 Å². The molecule has 1 aliphatic rings. The first-order chi connectivity index (χ1) is 11.7. The Bertz CT molecular complexity index is 838. The first kappa shape index (κ1) is 15.5. The minimum Gasteiger partial charge on any atom is -0.300 e. The van der Waals surface area contributed by atoms with Crippen LogP contribution in [0.25, 0.3) is 0 Å². The zero-order valence-electron chi connectivity index (χ0n) is 13.2. The Kier molecular flexibility index (Phi) is 3.94. The van der Waals surface area contributed by atoms with Gasteiger partial charge in [0.25, 0.3) is 0 Å². The molecular formula is C18H17N3OS2. The van der Waals surface area contributed by atoms with E-state index in [1.165, 1.54) is 16.9 Å². The van der Waals surface area contributed by atoms with Gasteiger partial charge in [0.2, 0.25) is 11.0 Å². The van der Waals surface area contributed by atoms with Crippen molar-refractivity contribution < 1.29 is 4.79 Å². The van der Waals surface area contributed by atoms with E-state index < -0.39 is 0 Å². The van der Waals surface area contributed by atoms with Crippen molar-refractivity contribution in [1.82, 2.24) is 10.2 Å². The average Bonchev–Trinajstić information content (AvgIpc) is 3.02. The van der Waals surface area contributed by atoms with Gasteiger partial charge in [0.05, 0.1) is 5.92 Å². The third kappa shape index (κ3) is 2.76. The first-order valence-electron chi connectivity index (χ1n) is 7.91. The lowest BCUT2D eigenvalue weighted by atomic mass is 9.97. The molecule has 3 aromatic rings. The largest absolute Gasteiger partial charge is 0.300 e. The number of carbonyl (C=O) groups is 1. The van der Waals surface area contributed by atoms with Gasteiger partial charge < -0.3 is 5.32 Å². The molecule has 0 bridgehead atoms. The summed E-state index contributed by atoms with van der Waals surface area (Å²) >= 11 is 3.09. The summed E-state index contributed by atoms with van der Waals surface area (Å²) in [7, 11) is 0. The predicted octanol–water partition coefficient (Wildman–Crippen LogP) is 4.42. The van der Waals surface area contributed by atoms with Crippen molar-refractivity contribution in [2.45, 2.75) is 31.1 Å². The number of amides is 1. The van der Waals surface area contributed by atoms with Crippen molar-refractivity contribution in [3.63, 3.8) is 0 Å². The zero-order chi connectivity index (χ0) is 16.6. The van der Waals surface area contributed by atoms with Crippen molar-refractivity contribution in [1.29, 1.82) is 0 Å². The summed E-state index contributed by atoms with van der Waals surface area (Å²) in [5.41, 5.74) is 2.32. The van der Waals surface area contributed by atoms with E-state index >= 15 is 0 Å². The number of carbonyl (C=O) groups excluding carboxylic acids is 1. The van der Waals surface area contributed by atoms with Crippen molar-refractivity contribution in [2.75, 3.05) is 5.32 Å². The van der Waals surface area contributed by atoms with Gasteiger partial charge in [0.1, 0.15) is 5.01 Å². The zero-order valence-corrected chi connectivity index (χ0v) is 14.9. The van der Waals surface area contributed by atoms with Crippen LogP contribution >= 0.6 is 22.7 Å². The number of nitrogens with one attached hydrogen (secondary N) is 1. The second-order valence-electron chi connectivity index (χ2n) is 6.13. The Morgan fingerprint density at radius 1 is 1.21 bits per heavy atom. The molecule has 6 heteroatoms. The number of hydrogen-bond acceptors (Lipinski definition) is 5. The molecule has 1 saturated carbocycles. The Hall–Kier alpha value is -2.05. The van der Waals surface area contributed by atoms with Crippen LogP contribution in [0.5, 0.6) is 0 Å². The minimum atomic E-state index is -0.187. The normalized spacial score (nSPS) is 16.5. The van der Waals surface area contributed by atoms with Gasteiger partial charge in [0.15, 0.2) is 0 Å². The summed E-state index contributed by atoms with van der Waals surface area (Å²) in [6.07, 6.45) is 2.18. The third-order valence-corrected chi connectivity index (χ3v) is 6.32. The molecule has 0 saturated heterocycles. The van der Waals surface area contributed by atoms with E-state index in [1.807, 2.05) is 29.8 Å². The predicted molar refractivity (Wildman–Crippen MR) is 97.7 cm³/mol. The number of nitrogens with zero attached hydrogens (tertiary/aromatic N) is 2. The van der Waals surface area contributed by atoms with Gasteiger partial charge in [0, 0.05) is 5.41 Å². The number of hydrogen-bond donors (Lipinski definition) is 1. The van der Waals surface area contributed by atoms with Gasteiger partial charge in [-0.15, -0.1) is 10.2 Å². The summed E-state index contributed by atoms with van der Waals surface area (Å²) in [4.78, 5) is 12.4. The molecule has 1 atom stereocenters. The van der Waals surface area contributed by atoms with Crippen LogP contribution in [0.15, 0.2) is 47.2 Å². The van der Waals surface area contributed by atoms with Crippen LogP contribution in [0.4, 0.5) is 5.13 Å². The number of aromatic nitrogens is 2. The smallest absolute Gasteiger partial charge is 0.233 e. The second kappa shape index (κ2) is 6.11. The van der Waals surface area contributed by atoms with E-state index in [-0.39, 0.29) is 17.2 Å². The van der Waals surface area contributed by atoms with Crippen LogP contribution in [0, 0.1) is 0 Å². The minimum absolute atomic E-state index is 0.000871. The molecule has 2 heterocycles. The van der Waals surface area contributed by atoms with E-state index in [9.17, 15) is 4.79 Å². The number of anilines is 1. The highest BCUT2D eigenvalue weighted by atomic mass is 32.1. The van der Waals surface area contributed by atoms with Crippen molar-refractivity contribution >= 4 is 33.7 Å². The Balaban J connectivity index is 1.51. The summed E-state index contributed by atoms with van der Waals surface area (Å²) in [6, 6.07) is 12.4. The molecular weight excluding hydrogens is 338 g/mol. The maximum atomic E-state index is 12.4. The summed E-state index contributed by atoms with van der Waals surface area (Å²) in [5, 5.41) is 17.0. The highest BCUT2D eigenvalue weighted by Crippen LogP contribution is 2.54. The van der Waals surface area contributed by atoms with Gasteiger partial charge in [-0.3, -0.25) is 4.79 Å². The highest BCUT2D eigenvalue weighted by Gasteiger charge is 2.48. The van der Waals surface area contributed by atoms with Gasteiger partial charge in [-0.25, -0.2) is 0 Å². The lowest BCUT2D eigenvalue weighted by Gasteiger charge is -2.11. The monoisotopic (exact) mass is 355 g/mol. The summed E-state index contributed by atoms with van der Waals surface area (Å²) < 4.78 is 0. The molecule has 4 rings (SSSR count). The SMILES string of the molecule is C[C@H](C(=O)Nc1nnc(C2(c3ccccc3)CC2)s1)c1ccsc1. The van der Waals surface area contributed by atoms with E-state index in [0.29, 0.717) is 5.13 Å². The van der Waals surface area contributed by atoms with Gasteiger partial charge in [-0.1, -0.05) is 41.7 Å². The fraction of sp³-hybridized carbons (Fsp3) is 0.278. The lowest BCUT2D eigenvalue weighted by Crippen LogP contribution is -2.18. The second-order valence-corrected chi connectivity index (χ2v) is 7.89. The van der Waals surface area contributed by atoms with Crippen LogP contribution in [0.2, 0.25) is 0 Å². The standard InChI is InChI=1S/C18H17N3OS2/c1-12(13-7-10-23-11-13)15(22)19-17-21-20-16(24-17)18(8-9-18)14-5-3-2-4-6-14/h2-7,10-12H,8-9H2,1H3,(H,19,21,22)/t12-/m0/s1. The number of rotatable bonds is 5. The fourth-order valence-electron chi connectivity index (χ4n) is 2.86. The molecule has 2 aromatic heterocycles. The van der Waals surface area contributed by atoms with Crippen LogP contribution in [-0.4, -0.2) is 16.1 Å². The molecule has 1 fully saturated rings. The average molecular weight is 355 g/mol. The van der Waals surface area contributed by atoms with Crippen LogP contribution in [-0.2, 0) is 10.2 Å². The molecule has 0 radical (unpaired) electrons. The molecule has 1 N–H and O–H groups in total. The lowest BCUT2D eigenvalue weighted by molar-refractivity contribution is -0.117. The Morgan fingerprint density at radius 3 is 2.67 bits per heavy atom. The van der Waals surface area contributed by atoms with Crippen LogP contribution in [0.3, 0.4) is 0 Å². The maximum absolute atomic E-state index is 12.4. The van der Waals surface area contributed by atoms with Crippen molar-refractivity contribution in [3.05, 3.63) is 63.3 Å². The molecule has 0 aliphatic heterocycles. The van der Waals surface area contributed by atoms with Crippen LogP contribution in [0.1, 0.15) is 41.8 Å². The first-order valence-corrected chi connectivity index (χ1v) is 9.67. The molecule has 4 nitrogen and oxygen atoms in total. The van der Waals surface area contributed by atoms with E-state index in [0.717, 1.165) is 23.4 Å². The summed E-state index contributed by atoms with van der Waals surface area (Å²) in [5.74, 6) is -0.228. The summed E-state index contributed by atoms with van der Waals surface area (Å²) in [6.45, 7) is 1.91. The number of benzene rings is 1. The molecule has 0 spiro atoms. The van der Waals surface area contributed by atoms with Crippen molar-refractivity contribution in [2.24, 2.45) is 0 Å². The fourth-order valence-corrected chi connectivity index (χ4v) is 4.63. The third-order valence-electron chi connectivity index (χ3n) is 4.58. The number of thiophene rings is 1. The van der Waals surface area contributed by atoms with Crippen molar-refractivity contribution in [3.8, 4) is 0 Å². The van der Waals surface area contributed by atoms with E-state index in [2.05, 4.69) is 39.8 Å². The quantitative estimate of drug-likeness (QED) is 0.737.